The van der Waals surface area contributed by atoms with Gasteiger partial charge in [-0.2, -0.15) is 0 Å². The summed E-state index contributed by atoms with van der Waals surface area (Å²) in [7, 11) is 0. The van der Waals surface area contributed by atoms with Gasteiger partial charge in [-0.15, -0.1) is 0 Å². The molecular weight excluding hydrogens is 376 g/mol. The Labute approximate surface area is 176 Å². The second-order valence-electron chi connectivity index (χ2n) is 7.57. The molecule has 6 heteroatoms. The van der Waals surface area contributed by atoms with Crippen LogP contribution in [0.3, 0.4) is 0 Å². The van der Waals surface area contributed by atoms with Gasteiger partial charge in [-0.1, -0.05) is 0 Å². The molecule has 6 N–H and O–H groups in total. The predicted octanol–water partition coefficient (Wildman–Crippen LogP) is 4.16. The highest BCUT2D eigenvalue weighted by Crippen LogP contribution is 2.34. The van der Waals surface area contributed by atoms with E-state index in [9.17, 15) is 9.59 Å². The number of nitrogens with zero attached hydrogens (tertiary/aromatic N) is 1. The normalized spacial score (nSPS) is 10.7. The summed E-state index contributed by atoms with van der Waals surface area (Å²) in [4.78, 5) is 26.6. The first-order chi connectivity index (χ1) is 14.1. The van der Waals surface area contributed by atoms with Crippen molar-refractivity contribution >= 4 is 34.6 Å². The number of rotatable bonds is 4. The fourth-order valence-corrected chi connectivity index (χ4v) is 3.45. The number of benzene rings is 3. The minimum atomic E-state index is -0.541. The average molecular weight is 402 g/mol. The van der Waals surface area contributed by atoms with E-state index in [1.54, 1.807) is 29.2 Å². The molecule has 0 spiro atoms. The Balaban J connectivity index is 2.19. The summed E-state index contributed by atoms with van der Waals surface area (Å²) in [5, 5.41) is 0. The summed E-state index contributed by atoms with van der Waals surface area (Å²) < 4.78 is 0. The van der Waals surface area contributed by atoms with Gasteiger partial charge in [-0.25, -0.2) is 0 Å². The number of amides is 2. The average Bonchev–Trinajstić information content (AvgIpc) is 2.70. The van der Waals surface area contributed by atoms with Crippen LogP contribution in [0.4, 0.5) is 22.7 Å². The number of nitrogens with two attached hydrogens (primary N) is 3. The lowest BCUT2D eigenvalue weighted by Gasteiger charge is -2.26. The molecule has 154 valence electrons. The van der Waals surface area contributed by atoms with Crippen molar-refractivity contribution in [2.24, 2.45) is 5.73 Å². The molecule has 3 aromatic rings. The molecular formula is C24H26N4O2. The van der Waals surface area contributed by atoms with Gasteiger partial charge in [0, 0.05) is 33.9 Å². The molecule has 0 saturated carbocycles. The maximum atomic E-state index is 13.6. The molecule has 0 bridgehead atoms. The third-order valence-corrected chi connectivity index (χ3v) is 5.29. The second-order valence-corrected chi connectivity index (χ2v) is 7.57. The molecule has 0 radical (unpaired) electrons. The summed E-state index contributed by atoms with van der Waals surface area (Å²) in [6.07, 6.45) is 0. The Bertz CT molecular complexity index is 1050. The lowest BCUT2D eigenvalue weighted by molar-refractivity contribution is 0.0988. The van der Waals surface area contributed by atoms with Crippen LogP contribution < -0.4 is 22.1 Å². The smallest absolute Gasteiger partial charge is 0.262 e. The zero-order valence-corrected chi connectivity index (χ0v) is 17.6. The molecule has 30 heavy (non-hydrogen) atoms. The van der Waals surface area contributed by atoms with Crippen LogP contribution in [-0.4, -0.2) is 11.8 Å². The predicted molar refractivity (Wildman–Crippen MR) is 122 cm³/mol. The molecule has 0 aromatic heterocycles. The van der Waals surface area contributed by atoms with Crippen LogP contribution in [0.5, 0.6) is 0 Å². The first kappa shape index (κ1) is 20.9. The number of hydrogen-bond donors (Lipinski definition) is 3. The Hall–Kier alpha value is -3.80. The highest BCUT2D eigenvalue weighted by molar-refractivity contribution is 6.11. The van der Waals surface area contributed by atoms with Gasteiger partial charge >= 0.3 is 0 Å². The number of carbonyl (C=O) groups is 2. The molecule has 0 heterocycles. The zero-order valence-electron chi connectivity index (χ0n) is 17.6. The molecule has 3 aromatic carbocycles. The van der Waals surface area contributed by atoms with Gasteiger partial charge in [-0.3, -0.25) is 14.5 Å². The molecule has 0 aliphatic carbocycles. The quantitative estimate of drug-likeness (QED) is 0.568. The third-order valence-electron chi connectivity index (χ3n) is 5.29. The molecule has 0 fully saturated rings. The van der Waals surface area contributed by atoms with E-state index in [-0.39, 0.29) is 5.91 Å². The van der Waals surface area contributed by atoms with Gasteiger partial charge in [0.05, 0.1) is 0 Å². The molecule has 0 aliphatic rings. The Morgan fingerprint density at radius 1 is 0.667 bits per heavy atom. The van der Waals surface area contributed by atoms with Crippen molar-refractivity contribution in [3.63, 3.8) is 0 Å². The van der Waals surface area contributed by atoms with Crippen molar-refractivity contribution in [1.29, 1.82) is 0 Å². The van der Waals surface area contributed by atoms with E-state index in [1.807, 2.05) is 52.0 Å². The number of nitrogen functional groups attached to an aromatic ring is 2. The second kappa shape index (κ2) is 7.91. The SMILES string of the molecule is Cc1cc(N(C(=O)c2ccc(C(N)=O)cc2)c2cc(C)c(N)c(C)c2)cc(C)c1N. The van der Waals surface area contributed by atoms with Gasteiger partial charge in [0.2, 0.25) is 5.91 Å². The van der Waals surface area contributed by atoms with E-state index >= 15 is 0 Å². The third kappa shape index (κ3) is 3.85. The van der Waals surface area contributed by atoms with Crippen LogP contribution >= 0.6 is 0 Å². The van der Waals surface area contributed by atoms with Crippen molar-refractivity contribution in [1.82, 2.24) is 0 Å². The molecule has 0 atom stereocenters. The first-order valence-corrected chi connectivity index (χ1v) is 9.58. The molecule has 0 unspecified atom stereocenters. The topological polar surface area (TPSA) is 115 Å². The lowest BCUT2D eigenvalue weighted by Crippen LogP contribution is -2.27. The monoisotopic (exact) mass is 402 g/mol. The number of hydrogen-bond acceptors (Lipinski definition) is 4. The van der Waals surface area contributed by atoms with E-state index in [2.05, 4.69) is 0 Å². The molecule has 0 saturated heterocycles. The Kier molecular flexibility index (Phi) is 5.52. The molecule has 2 amide bonds. The van der Waals surface area contributed by atoms with E-state index in [1.165, 1.54) is 0 Å². The van der Waals surface area contributed by atoms with E-state index < -0.39 is 5.91 Å². The van der Waals surface area contributed by atoms with E-state index in [4.69, 9.17) is 17.2 Å². The standard InChI is InChI=1S/C24H26N4O2/c1-13-9-19(10-14(2)21(13)25)28(20-11-15(3)22(26)16(4)12-20)24(30)18-7-5-17(6-8-18)23(27)29/h5-12H,25-26H2,1-4H3,(H2,27,29). The summed E-state index contributed by atoms with van der Waals surface area (Å²) in [6, 6.07) is 13.8. The minimum absolute atomic E-state index is 0.238. The van der Waals surface area contributed by atoms with Crippen molar-refractivity contribution in [2.45, 2.75) is 27.7 Å². The molecule has 3 rings (SSSR count). The van der Waals surface area contributed by atoms with Crippen LogP contribution in [0.25, 0.3) is 0 Å². The van der Waals surface area contributed by atoms with Crippen molar-refractivity contribution < 1.29 is 9.59 Å². The highest BCUT2D eigenvalue weighted by atomic mass is 16.2. The van der Waals surface area contributed by atoms with Crippen LogP contribution in [-0.2, 0) is 0 Å². The lowest BCUT2D eigenvalue weighted by atomic mass is 10.0. The van der Waals surface area contributed by atoms with Crippen molar-refractivity contribution in [2.75, 3.05) is 16.4 Å². The number of aryl methyl sites for hydroxylation is 4. The first-order valence-electron chi connectivity index (χ1n) is 9.58. The summed E-state index contributed by atoms with van der Waals surface area (Å²) in [6.45, 7) is 7.65. The van der Waals surface area contributed by atoms with Crippen LogP contribution in [0.2, 0.25) is 0 Å². The highest BCUT2D eigenvalue weighted by Gasteiger charge is 2.22. The Morgan fingerprint density at radius 2 is 1.00 bits per heavy atom. The van der Waals surface area contributed by atoms with Crippen molar-refractivity contribution in [3.8, 4) is 0 Å². The summed E-state index contributed by atoms with van der Waals surface area (Å²) in [5.41, 5.74) is 24.7. The van der Waals surface area contributed by atoms with Gasteiger partial charge in [0.25, 0.3) is 5.91 Å². The summed E-state index contributed by atoms with van der Waals surface area (Å²) >= 11 is 0. The maximum Gasteiger partial charge on any atom is 0.262 e. The van der Waals surface area contributed by atoms with Gasteiger partial charge in [0.15, 0.2) is 0 Å². The fourth-order valence-electron chi connectivity index (χ4n) is 3.45. The minimum Gasteiger partial charge on any atom is -0.398 e. The number of primary amides is 1. The van der Waals surface area contributed by atoms with Crippen molar-refractivity contribution in [3.05, 3.63) is 81.9 Å². The van der Waals surface area contributed by atoms with Gasteiger partial charge in [-0.05, 0) is 98.5 Å². The number of carbonyl (C=O) groups excluding carboxylic acids is 2. The van der Waals surface area contributed by atoms with E-state index in [0.717, 1.165) is 22.3 Å². The Morgan fingerprint density at radius 3 is 1.33 bits per heavy atom. The maximum absolute atomic E-state index is 13.6. The fraction of sp³-hybridized carbons (Fsp3) is 0.167. The zero-order chi connectivity index (χ0) is 22.2. The van der Waals surface area contributed by atoms with Crippen LogP contribution in [0.15, 0.2) is 48.5 Å². The van der Waals surface area contributed by atoms with Gasteiger partial charge < -0.3 is 17.2 Å². The molecule has 0 aliphatic heterocycles. The van der Waals surface area contributed by atoms with Crippen LogP contribution in [0.1, 0.15) is 43.0 Å². The molecule has 6 nitrogen and oxygen atoms in total. The summed E-state index contributed by atoms with van der Waals surface area (Å²) in [5.74, 6) is -0.779. The van der Waals surface area contributed by atoms with Crippen LogP contribution in [0, 0.1) is 27.7 Å². The number of anilines is 4. The van der Waals surface area contributed by atoms with E-state index in [0.29, 0.717) is 33.9 Å². The van der Waals surface area contributed by atoms with Gasteiger partial charge in [0.1, 0.15) is 0 Å². The largest absolute Gasteiger partial charge is 0.398 e.